The SMILES string of the molecule is CC(CS)C(=O)N(CC(=O)O)[C@@H](Cc1ccccc1)C(=O)O. The normalized spacial score (nSPS) is 13.2. The van der Waals surface area contributed by atoms with E-state index in [4.69, 9.17) is 5.11 Å². The molecule has 1 rings (SSSR count). The predicted octanol–water partition coefficient (Wildman–Crippen LogP) is 1.16. The molecule has 1 unspecified atom stereocenters. The van der Waals surface area contributed by atoms with Gasteiger partial charge < -0.3 is 15.1 Å². The minimum absolute atomic E-state index is 0.0501. The Balaban J connectivity index is 3.06. The van der Waals surface area contributed by atoms with Gasteiger partial charge in [-0.05, 0) is 5.56 Å². The van der Waals surface area contributed by atoms with E-state index in [-0.39, 0.29) is 12.2 Å². The third-order valence-corrected chi connectivity index (χ3v) is 3.76. The number of thiol groups is 1. The van der Waals surface area contributed by atoms with Gasteiger partial charge in [0.05, 0.1) is 0 Å². The maximum absolute atomic E-state index is 12.3. The molecule has 0 spiro atoms. The number of aliphatic carboxylic acids is 2. The number of hydrogen-bond acceptors (Lipinski definition) is 4. The fourth-order valence-electron chi connectivity index (χ4n) is 2.02. The van der Waals surface area contributed by atoms with Gasteiger partial charge in [0.2, 0.25) is 5.91 Å². The number of nitrogens with zero attached hydrogens (tertiary/aromatic N) is 1. The molecular formula is C15H19NO5S. The van der Waals surface area contributed by atoms with E-state index in [0.29, 0.717) is 0 Å². The van der Waals surface area contributed by atoms with Gasteiger partial charge in [-0.15, -0.1) is 0 Å². The first-order valence-corrected chi connectivity index (χ1v) is 7.40. The van der Waals surface area contributed by atoms with E-state index in [0.717, 1.165) is 10.5 Å². The lowest BCUT2D eigenvalue weighted by Gasteiger charge is -2.29. The summed E-state index contributed by atoms with van der Waals surface area (Å²) < 4.78 is 0. The van der Waals surface area contributed by atoms with Crippen molar-refractivity contribution in [3.05, 3.63) is 35.9 Å². The van der Waals surface area contributed by atoms with Crippen LogP contribution >= 0.6 is 12.6 Å². The number of amides is 1. The third-order valence-electron chi connectivity index (χ3n) is 3.22. The smallest absolute Gasteiger partial charge is 0.326 e. The van der Waals surface area contributed by atoms with Crippen LogP contribution in [0.5, 0.6) is 0 Å². The van der Waals surface area contributed by atoms with Crippen LogP contribution < -0.4 is 0 Å². The van der Waals surface area contributed by atoms with Gasteiger partial charge in [0.1, 0.15) is 12.6 Å². The van der Waals surface area contributed by atoms with Crippen LogP contribution in [-0.4, -0.2) is 51.3 Å². The number of benzene rings is 1. The summed E-state index contributed by atoms with van der Waals surface area (Å²) in [5.74, 6) is -3.35. The molecule has 0 bridgehead atoms. The van der Waals surface area contributed by atoms with Crippen molar-refractivity contribution >= 4 is 30.5 Å². The van der Waals surface area contributed by atoms with Gasteiger partial charge >= 0.3 is 11.9 Å². The quantitative estimate of drug-likeness (QED) is 0.624. The van der Waals surface area contributed by atoms with Gasteiger partial charge in [-0.25, -0.2) is 4.79 Å². The van der Waals surface area contributed by atoms with Crippen LogP contribution in [0.1, 0.15) is 12.5 Å². The van der Waals surface area contributed by atoms with E-state index in [1.54, 1.807) is 37.3 Å². The topological polar surface area (TPSA) is 94.9 Å². The van der Waals surface area contributed by atoms with Gasteiger partial charge in [-0.3, -0.25) is 9.59 Å². The number of carbonyl (C=O) groups excluding carboxylic acids is 1. The molecule has 7 heteroatoms. The molecule has 1 aromatic rings. The Labute approximate surface area is 134 Å². The predicted molar refractivity (Wildman–Crippen MR) is 83.9 cm³/mol. The lowest BCUT2D eigenvalue weighted by Crippen LogP contribution is -2.50. The number of rotatable bonds is 8. The summed E-state index contributed by atoms with van der Waals surface area (Å²) in [6.07, 6.45) is 0.0501. The van der Waals surface area contributed by atoms with E-state index < -0.39 is 36.4 Å². The molecule has 120 valence electrons. The zero-order chi connectivity index (χ0) is 16.7. The van der Waals surface area contributed by atoms with Crippen LogP contribution in [0.25, 0.3) is 0 Å². The summed E-state index contributed by atoms with van der Waals surface area (Å²) in [6.45, 7) is 0.937. The Morgan fingerprint density at radius 2 is 1.77 bits per heavy atom. The highest BCUT2D eigenvalue weighted by Crippen LogP contribution is 2.14. The number of hydrogen-bond donors (Lipinski definition) is 3. The van der Waals surface area contributed by atoms with Crippen molar-refractivity contribution in [3.63, 3.8) is 0 Å². The molecular weight excluding hydrogens is 306 g/mol. The molecule has 6 nitrogen and oxygen atoms in total. The van der Waals surface area contributed by atoms with Crippen LogP contribution in [-0.2, 0) is 20.8 Å². The average molecular weight is 325 g/mol. The van der Waals surface area contributed by atoms with Gasteiger partial charge in [-0.2, -0.15) is 12.6 Å². The van der Waals surface area contributed by atoms with Crippen LogP contribution in [0.2, 0.25) is 0 Å². The molecule has 2 N–H and O–H groups in total. The first-order valence-electron chi connectivity index (χ1n) is 6.76. The van der Waals surface area contributed by atoms with Crippen LogP contribution in [0.3, 0.4) is 0 Å². The zero-order valence-electron chi connectivity index (χ0n) is 12.2. The maximum atomic E-state index is 12.3. The second-order valence-corrected chi connectivity index (χ2v) is 5.35. The summed E-state index contributed by atoms with van der Waals surface area (Å²) in [6, 6.07) is 7.56. The Morgan fingerprint density at radius 1 is 1.18 bits per heavy atom. The molecule has 0 aliphatic rings. The Hall–Kier alpha value is -2.02. The molecule has 1 aromatic carbocycles. The molecule has 0 heterocycles. The Kier molecular flexibility index (Phi) is 6.91. The summed E-state index contributed by atoms with van der Waals surface area (Å²) in [7, 11) is 0. The van der Waals surface area contributed by atoms with Crippen LogP contribution in [0.15, 0.2) is 30.3 Å². The summed E-state index contributed by atoms with van der Waals surface area (Å²) in [4.78, 5) is 35.7. The highest BCUT2D eigenvalue weighted by Gasteiger charge is 2.33. The van der Waals surface area contributed by atoms with Crippen LogP contribution in [0, 0.1) is 5.92 Å². The van der Waals surface area contributed by atoms with Crippen molar-refractivity contribution < 1.29 is 24.6 Å². The molecule has 0 aliphatic heterocycles. The fraction of sp³-hybridized carbons (Fsp3) is 0.400. The Bertz CT molecular complexity index is 534. The van der Waals surface area contributed by atoms with Gasteiger partial charge in [0.15, 0.2) is 0 Å². The zero-order valence-corrected chi connectivity index (χ0v) is 13.1. The monoisotopic (exact) mass is 325 g/mol. The highest BCUT2D eigenvalue weighted by atomic mass is 32.1. The molecule has 22 heavy (non-hydrogen) atoms. The Morgan fingerprint density at radius 3 is 2.23 bits per heavy atom. The van der Waals surface area contributed by atoms with Crippen LogP contribution in [0.4, 0.5) is 0 Å². The molecule has 0 radical (unpaired) electrons. The van der Waals surface area contributed by atoms with Crippen molar-refractivity contribution in [2.24, 2.45) is 5.92 Å². The summed E-state index contributed by atoms with van der Waals surface area (Å²) >= 11 is 4.02. The number of carboxylic acids is 2. The van der Waals surface area contributed by atoms with Crippen molar-refractivity contribution in [1.29, 1.82) is 0 Å². The van der Waals surface area contributed by atoms with Crippen molar-refractivity contribution in [1.82, 2.24) is 4.90 Å². The van der Waals surface area contributed by atoms with E-state index in [9.17, 15) is 19.5 Å². The van der Waals surface area contributed by atoms with Gasteiger partial charge in [0.25, 0.3) is 0 Å². The molecule has 2 atom stereocenters. The second kappa shape index (κ2) is 8.43. The standard InChI is InChI=1S/C15H19NO5S/c1-10(9-22)14(19)16(8-13(17)18)12(15(20)21)7-11-5-3-2-4-6-11/h2-6,10,12,22H,7-9H2,1H3,(H,17,18)(H,20,21)/t10?,12-/m0/s1. The first kappa shape index (κ1) is 18.0. The number of carboxylic acid groups (broad SMARTS) is 2. The second-order valence-electron chi connectivity index (χ2n) is 4.99. The van der Waals surface area contributed by atoms with E-state index in [2.05, 4.69) is 12.6 Å². The minimum Gasteiger partial charge on any atom is -0.480 e. The molecule has 0 aliphatic carbocycles. The van der Waals surface area contributed by atoms with E-state index in [1.165, 1.54) is 0 Å². The van der Waals surface area contributed by atoms with E-state index >= 15 is 0 Å². The summed E-state index contributed by atoms with van der Waals surface area (Å²) in [5.41, 5.74) is 0.719. The fourth-order valence-corrected chi connectivity index (χ4v) is 2.17. The van der Waals surface area contributed by atoms with Crippen molar-refractivity contribution in [2.45, 2.75) is 19.4 Å². The highest BCUT2D eigenvalue weighted by molar-refractivity contribution is 7.80. The van der Waals surface area contributed by atoms with Gasteiger partial charge in [-0.1, -0.05) is 37.3 Å². The number of carbonyl (C=O) groups is 3. The molecule has 0 saturated heterocycles. The largest absolute Gasteiger partial charge is 0.480 e. The summed E-state index contributed by atoms with van der Waals surface area (Å²) in [5, 5.41) is 18.4. The maximum Gasteiger partial charge on any atom is 0.326 e. The molecule has 1 amide bonds. The molecule has 0 aromatic heterocycles. The molecule has 0 saturated carbocycles. The molecule has 0 fully saturated rings. The van der Waals surface area contributed by atoms with Crippen molar-refractivity contribution in [3.8, 4) is 0 Å². The average Bonchev–Trinajstić information content (AvgIpc) is 2.49. The van der Waals surface area contributed by atoms with Crippen molar-refractivity contribution in [2.75, 3.05) is 12.3 Å². The van der Waals surface area contributed by atoms with E-state index in [1.807, 2.05) is 0 Å². The first-order chi connectivity index (χ1) is 10.4. The minimum atomic E-state index is -1.25. The van der Waals surface area contributed by atoms with Gasteiger partial charge in [0, 0.05) is 18.1 Å². The lowest BCUT2D eigenvalue weighted by molar-refractivity contribution is -0.155. The lowest BCUT2D eigenvalue weighted by atomic mass is 10.0. The third kappa shape index (κ3) is 5.07.